The van der Waals surface area contributed by atoms with E-state index in [1.54, 1.807) is 6.20 Å². The minimum absolute atomic E-state index is 0.557. The number of hydrogen-bond donors (Lipinski definition) is 0. The zero-order chi connectivity index (χ0) is 10.4. The molecular weight excluding hydrogens is 170 g/mol. The van der Waals surface area contributed by atoms with E-state index in [9.17, 15) is 0 Å². The molecule has 0 aliphatic carbocycles. The SMILES string of the molecule is C/C=C\C(=C/C(C)C)c1cccnc1. The average Bonchev–Trinajstić information content (AvgIpc) is 2.18. The molecule has 1 aromatic heterocycles. The summed E-state index contributed by atoms with van der Waals surface area (Å²) in [4.78, 5) is 4.12. The molecule has 0 atom stereocenters. The van der Waals surface area contributed by atoms with Gasteiger partial charge in [-0.1, -0.05) is 38.1 Å². The number of aromatic nitrogens is 1. The van der Waals surface area contributed by atoms with E-state index in [2.05, 4.69) is 43.1 Å². The lowest BCUT2D eigenvalue weighted by Gasteiger charge is -2.03. The molecule has 14 heavy (non-hydrogen) atoms. The van der Waals surface area contributed by atoms with E-state index in [0.29, 0.717) is 5.92 Å². The van der Waals surface area contributed by atoms with E-state index in [1.165, 1.54) is 11.1 Å². The van der Waals surface area contributed by atoms with Crippen molar-refractivity contribution in [2.45, 2.75) is 20.8 Å². The van der Waals surface area contributed by atoms with Crippen LogP contribution in [0.3, 0.4) is 0 Å². The van der Waals surface area contributed by atoms with Gasteiger partial charge in [-0.15, -0.1) is 0 Å². The Kier molecular flexibility index (Phi) is 4.11. The van der Waals surface area contributed by atoms with Crippen LogP contribution in [-0.2, 0) is 0 Å². The smallest absolute Gasteiger partial charge is 0.0346 e. The molecule has 0 aliphatic rings. The van der Waals surface area contributed by atoms with Gasteiger partial charge in [-0.3, -0.25) is 4.98 Å². The molecule has 0 unspecified atom stereocenters. The van der Waals surface area contributed by atoms with Gasteiger partial charge in [0.1, 0.15) is 0 Å². The number of pyridine rings is 1. The Morgan fingerprint density at radius 2 is 2.21 bits per heavy atom. The van der Waals surface area contributed by atoms with Gasteiger partial charge in [0, 0.05) is 12.4 Å². The molecule has 0 bridgehead atoms. The van der Waals surface area contributed by atoms with E-state index in [0.717, 1.165) is 0 Å². The summed E-state index contributed by atoms with van der Waals surface area (Å²) in [5, 5.41) is 0. The highest BCUT2D eigenvalue weighted by Gasteiger charge is 1.97. The third kappa shape index (κ3) is 3.17. The van der Waals surface area contributed by atoms with E-state index in [1.807, 2.05) is 19.2 Å². The maximum atomic E-state index is 4.12. The van der Waals surface area contributed by atoms with E-state index >= 15 is 0 Å². The summed E-state index contributed by atoms with van der Waals surface area (Å²) < 4.78 is 0. The molecule has 0 aromatic carbocycles. The molecule has 0 fully saturated rings. The molecule has 1 rings (SSSR count). The molecule has 0 spiro atoms. The third-order valence-corrected chi connectivity index (χ3v) is 1.85. The van der Waals surface area contributed by atoms with Crippen LogP contribution in [0, 0.1) is 5.92 Å². The van der Waals surface area contributed by atoms with Crippen molar-refractivity contribution in [3.63, 3.8) is 0 Å². The fourth-order valence-corrected chi connectivity index (χ4v) is 1.32. The van der Waals surface area contributed by atoms with Crippen LogP contribution in [0.5, 0.6) is 0 Å². The number of nitrogens with zero attached hydrogens (tertiary/aromatic N) is 1. The van der Waals surface area contributed by atoms with Gasteiger partial charge >= 0.3 is 0 Å². The molecule has 1 aromatic rings. The van der Waals surface area contributed by atoms with Gasteiger partial charge in [-0.05, 0) is 30.0 Å². The first-order valence-corrected chi connectivity index (χ1v) is 4.99. The maximum Gasteiger partial charge on any atom is 0.0346 e. The van der Waals surface area contributed by atoms with Crippen molar-refractivity contribution in [1.29, 1.82) is 0 Å². The zero-order valence-corrected chi connectivity index (χ0v) is 9.07. The van der Waals surface area contributed by atoms with Crippen LogP contribution in [0.15, 0.2) is 42.8 Å². The van der Waals surface area contributed by atoms with Crippen LogP contribution in [0.4, 0.5) is 0 Å². The zero-order valence-electron chi connectivity index (χ0n) is 9.07. The van der Waals surface area contributed by atoms with Crippen LogP contribution in [-0.4, -0.2) is 4.98 Å². The molecule has 0 saturated heterocycles. The van der Waals surface area contributed by atoms with Gasteiger partial charge < -0.3 is 0 Å². The van der Waals surface area contributed by atoms with Gasteiger partial charge in [0.2, 0.25) is 0 Å². The van der Waals surface area contributed by atoms with E-state index in [-0.39, 0.29) is 0 Å². The first-order chi connectivity index (χ1) is 6.74. The van der Waals surface area contributed by atoms with Gasteiger partial charge in [0.25, 0.3) is 0 Å². The number of allylic oxidation sites excluding steroid dienone is 4. The van der Waals surface area contributed by atoms with E-state index in [4.69, 9.17) is 0 Å². The normalized spacial score (nSPS) is 12.7. The average molecular weight is 187 g/mol. The second-order valence-corrected chi connectivity index (χ2v) is 3.61. The Morgan fingerprint density at radius 1 is 1.43 bits per heavy atom. The maximum absolute atomic E-state index is 4.12. The molecule has 0 radical (unpaired) electrons. The molecule has 1 heterocycles. The molecule has 0 saturated carbocycles. The fourth-order valence-electron chi connectivity index (χ4n) is 1.32. The molecular formula is C13H17N. The van der Waals surface area contributed by atoms with Crippen molar-refractivity contribution >= 4 is 5.57 Å². The Balaban J connectivity index is 3.01. The Labute approximate surface area is 86.2 Å². The fraction of sp³-hybridized carbons (Fsp3) is 0.308. The van der Waals surface area contributed by atoms with Gasteiger partial charge in [-0.25, -0.2) is 0 Å². The highest BCUT2D eigenvalue weighted by atomic mass is 14.6. The van der Waals surface area contributed by atoms with Crippen molar-refractivity contribution in [2.75, 3.05) is 0 Å². The summed E-state index contributed by atoms with van der Waals surface area (Å²) in [6, 6.07) is 4.05. The standard InChI is InChI=1S/C13H17N/c1-4-6-12(9-11(2)3)13-7-5-8-14-10-13/h4-11H,1-3H3/b6-4-,12-9+. The Morgan fingerprint density at radius 3 is 2.71 bits per heavy atom. The van der Waals surface area contributed by atoms with Crippen molar-refractivity contribution in [1.82, 2.24) is 4.98 Å². The highest BCUT2D eigenvalue weighted by molar-refractivity contribution is 5.73. The highest BCUT2D eigenvalue weighted by Crippen LogP contribution is 2.16. The van der Waals surface area contributed by atoms with E-state index < -0.39 is 0 Å². The summed E-state index contributed by atoms with van der Waals surface area (Å²) in [5.74, 6) is 0.557. The first-order valence-electron chi connectivity index (χ1n) is 4.99. The van der Waals surface area contributed by atoms with Crippen molar-refractivity contribution in [2.24, 2.45) is 5.92 Å². The lowest BCUT2D eigenvalue weighted by Crippen LogP contribution is -1.86. The predicted octanol–water partition coefficient (Wildman–Crippen LogP) is 3.70. The molecule has 0 N–H and O–H groups in total. The Bertz CT molecular complexity index is 320. The largest absolute Gasteiger partial charge is 0.264 e. The van der Waals surface area contributed by atoms with Crippen LogP contribution in [0.2, 0.25) is 0 Å². The van der Waals surface area contributed by atoms with Crippen LogP contribution in [0.25, 0.3) is 5.57 Å². The molecule has 0 amide bonds. The molecule has 1 nitrogen and oxygen atoms in total. The first kappa shape index (κ1) is 10.7. The van der Waals surface area contributed by atoms with Gasteiger partial charge in [-0.2, -0.15) is 0 Å². The second kappa shape index (κ2) is 5.38. The summed E-state index contributed by atoms with van der Waals surface area (Å²) >= 11 is 0. The lowest BCUT2D eigenvalue weighted by molar-refractivity contribution is 0.834. The number of rotatable bonds is 3. The minimum Gasteiger partial charge on any atom is -0.264 e. The Hall–Kier alpha value is -1.37. The molecule has 74 valence electrons. The van der Waals surface area contributed by atoms with Gasteiger partial charge in [0.05, 0.1) is 0 Å². The molecule has 1 heteroatoms. The lowest BCUT2D eigenvalue weighted by atomic mass is 10.0. The van der Waals surface area contributed by atoms with Crippen LogP contribution >= 0.6 is 0 Å². The topological polar surface area (TPSA) is 12.9 Å². The third-order valence-electron chi connectivity index (χ3n) is 1.85. The van der Waals surface area contributed by atoms with Gasteiger partial charge in [0.15, 0.2) is 0 Å². The number of hydrogen-bond acceptors (Lipinski definition) is 1. The predicted molar refractivity (Wildman–Crippen MR) is 61.9 cm³/mol. The second-order valence-electron chi connectivity index (χ2n) is 3.61. The summed E-state index contributed by atoms with van der Waals surface area (Å²) in [6.07, 6.45) is 10.1. The quantitative estimate of drug-likeness (QED) is 0.657. The van der Waals surface area contributed by atoms with Crippen molar-refractivity contribution in [3.05, 3.63) is 48.3 Å². The minimum atomic E-state index is 0.557. The summed E-state index contributed by atoms with van der Waals surface area (Å²) in [5.41, 5.74) is 2.43. The van der Waals surface area contributed by atoms with Crippen molar-refractivity contribution in [3.8, 4) is 0 Å². The van der Waals surface area contributed by atoms with Crippen LogP contribution < -0.4 is 0 Å². The monoisotopic (exact) mass is 187 g/mol. The summed E-state index contributed by atoms with van der Waals surface area (Å²) in [6.45, 7) is 6.39. The summed E-state index contributed by atoms with van der Waals surface area (Å²) in [7, 11) is 0. The van der Waals surface area contributed by atoms with Crippen LogP contribution in [0.1, 0.15) is 26.3 Å². The van der Waals surface area contributed by atoms with Crippen molar-refractivity contribution < 1.29 is 0 Å². The molecule has 0 aliphatic heterocycles.